The molecular weight excluding hydrogens is 330 g/mol. The van der Waals surface area contributed by atoms with E-state index < -0.39 is 0 Å². The average molecular weight is 353 g/mol. The summed E-state index contributed by atoms with van der Waals surface area (Å²) in [6.45, 7) is 4.83. The van der Waals surface area contributed by atoms with Gasteiger partial charge in [-0.05, 0) is 49.2 Å². The van der Waals surface area contributed by atoms with Crippen LogP contribution in [0, 0.1) is 13.8 Å². The standard InChI is InChI=1S/C20H23N3O3/c1-14-8-9-16(12-15(14)2)26-11-10-21-19(24)13-23-18-7-5-4-6-17(18)22(3)20(23)25/h4-9,12H,10-11,13H2,1-3H3,(H,21,24). The Kier molecular flexibility index (Phi) is 5.11. The fourth-order valence-corrected chi connectivity index (χ4v) is 2.88. The molecule has 1 heterocycles. The van der Waals surface area contributed by atoms with Crippen molar-refractivity contribution in [2.75, 3.05) is 13.2 Å². The number of benzene rings is 2. The van der Waals surface area contributed by atoms with Crippen molar-refractivity contribution < 1.29 is 9.53 Å². The maximum Gasteiger partial charge on any atom is 0.329 e. The van der Waals surface area contributed by atoms with Gasteiger partial charge in [0.1, 0.15) is 18.9 Å². The van der Waals surface area contributed by atoms with Crippen LogP contribution in [0.1, 0.15) is 11.1 Å². The molecule has 6 heteroatoms. The molecule has 1 aromatic heterocycles. The summed E-state index contributed by atoms with van der Waals surface area (Å²) in [7, 11) is 1.70. The fourth-order valence-electron chi connectivity index (χ4n) is 2.88. The summed E-state index contributed by atoms with van der Waals surface area (Å²) in [5.74, 6) is 0.569. The third-order valence-corrected chi connectivity index (χ3v) is 4.52. The lowest BCUT2D eigenvalue weighted by molar-refractivity contribution is -0.121. The molecule has 3 aromatic rings. The van der Waals surface area contributed by atoms with Crippen molar-refractivity contribution >= 4 is 16.9 Å². The number of para-hydroxylation sites is 2. The number of carbonyl (C=O) groups excluding carboxylic acids is 1. The highest BCUT2D eigenvalue weighted by Crippen LogP contribution is 2.16. The van der Waals surface area contributed by atoms with Gasteiger partial charge in [-0.1, -0.05) is 18.2 Å². The first-order valence-electron chi connectivity index (χ1n) is 8.58. The summed E-state index contributed by atoms with van der Waals surface area (Å²) in [4.78, 5) is 24.5. The number of aromatic nitrogens is 2. The first-order chi connectivity index (χ1) is 12.5. The van der Waals surface area contributed by atoms with Gasteiger partial charge in [-0.2, -0.15) is 0 Å². The minimum atomic E-state index is -0.216. The van der Waals surface area contributed by atoms with Crippen LogP contribution in [0.15, 0.2) is 47.3 Å². The highest BCUT2D eigenvalue weighted by molar-refractivity contribution is 5.80. The highest BCUT2D eigenvalue weighted by atomic mass is 16.5. The number of nitrogens with one attached hydrogen (secondary N) is 1. The van der Waals surface area contributed by atoms with E-state index in [2.05, 4.69) is 12.2 Å². The Morgan fingerprint density at radius 3 is 2.54 bits per heavy atom. The molecule has 1 amide bonds. The Balaban J connectivity index is 1.56. The van der Waals surface area contributed by atoms with Gasteiger partial charge in [0.25, 0.3) is 0 Å². The Morgan fingerprint density at radius 1 is 1.08 bits per heavy atom. The Bertz CT molecular complexity index is 1000. The lowest BCUT2D eigenvalue weighted by atomic mass is 10.1. The van der Waals surface area contributed by atoms with Crippen LogP contribution in [-0.4, -0.2) is 28.2 Å². The van der Waals surface area contributed by atoms with E-state index in [9.17, 15) is 9.59 Å². The SMILES string of the molecule is Cc1ccc(OCCNC(=O)Cn2c(=O)n(C)c3ccccc32)cc1C. The molecular formula is C20H23N3O3. The zero-order valence-corrected chi connectivity index (χ0v) is 15.3. The van der Waals surface area contributed by atoms with Crippen molar-refractivity contribution in [1.29, 1.82) is 0 Å². The number of imidazole rings is 1. The molecule has 0 spiro atoms. The topological polar surface area (TPSA) is 65.3 Å². The predicted molar refractivity (Wildman–Crippen MR) is 102 cm³/mol. The highest BCUT2D eigenvalue weighted by Gasteiger charge is 2.12. The van der Waals surface area contributed by atoms with Crippen molar-refractivity contribution in [3.05, 3.63) is 64.1 Å². The van der Waals surface area contributed by atoms with Gasteiger partial charge in [-0.25, -0.2) is 4.79 Å². The Labute approximate surface area is 152 Å². The summed E-state index contributed by atoms with van der Waals surface area (Å²) < 4.78 is 8.68. The van der Waals surface area contributed by atoms with Crippen molar-refractivity contribution in [2.24, 2.45) is 7.05 Å². The van der Waals surface area contributed by atoms with Crippen molar-refractivity contribution in [3.63, 3.8) is 0 Å². The third kappa shape index (κ3) is 3.64. The summed E-state index contributed by atoms with van der Waals surface area (Å²) in [5.41, 5.74) is 3.74. The van der Waals surface area contributed by atoms with E-state index in [-0.39, 0.29) is 18.1 Å². The first-order valence-corrected chi connectivity index (χ1v) is 8.58. The van der Waals surface area contributed by atoms with Crippen LogP contribution in [-0.2, 0) is 18.4 Å². The van der Waals surface area contributed by atoms with E-state index in [0.29, 0.717) is 13.2 Å². The number of amides is 1. The number of nitrogens with zero attached hydrogens (tertiary/aromatic N) is 2. The van der Waals surface area contributed by atoms with Crippen molar-refractivity contribution in [1.82, 2.24) is 14.5 Å². The molecule has 0 saturated heterocycles. The molecule has 26 heavy (non-hydrogen) atoms. The minimum absolute atomic E-state index is 0.0101. The first kappa shape index (κ1) is 17.8. The third-order valence-electron chi connectivity index (χ3n) is 4.52. The summed E-state index contributed by atoms with van der Waals surface area (Å²) in [6, 6.07) is 13.3. The maximum absolute atomic E-state index is 12.3. The second kappa shape index (κ2) is 7.47. The van der Waals surface area contributed by atoms with Gasteiger partial charge < -0.3 is 10.1 Å². The van der Waals surface area contributed by atoms with Crippen LogP contribution < -0.4 is 15.7 Å². The number of aryl methyl sites for hydroxylation is 3. The van der Waals surface area contributed by atoms with Gasteiger partial charge >= 0.3 is 5.69 Å². The lowest BCUT2D eigenvalue weighted by Crippen LogP contribution is -2.34. The molecule has 0 aliphatic heterocycles. The Hall–Kier alpha value is -3.02. The molecule has 136 valence electrons. The van der Waals surface area contributed by atoms with E-state index in [1.165, 1.54) is 15.7 Å². The molecule has 0 bridgehead atoms. The normalized spacial score (nSPS) is 10.9. The molecule has 0 saturated carbocycles. The van der Waals surface area contributed by atoms with E-state index in [0.717, 1.165) is 16.8 Å². The second-order valence-corrected chi connectivity index (χ2v) is 6.36. The fraction of sp³-hybridized carbons (Fsp3) is 0.300. The molecule has 0 atom stereocenters. The summed E-state index contributed by atoms with van der Waals surface area (Å²) in [5, 5.41) is 2.80. The molecule has 0 radical (unpaired) electrons. The lowest BCUT2D eigenvalue weighted by Gasteiger charge is -2.09. The molecule has 3 rings (SSSR count). The Morgan fingerprint density at radius 2 is 1.81 bits per heavy atom. The number of rotatable bonds is 6. The largest absolute Gasteiger partial charge is 0.492 e. The number of carbonyl (C=O) groups is 1. The number of fused-ring (bicyclic) bond motifs is 1. The molecule has 2 aromatic carbocycles. The quantitative estimate of drug-likeness (QED) is 0.691. The zero-order chi connectivity index (χ0) is 18.7. The van der Waals surface area contributed by atoms with Gasteiger partial charge in [0.2, 0.25) is 5.91 Å². The van der Waals surface area contributed by atoms with E-state index >= 15 is 0 Å². The van der Waals surface area contributed by atoms with Gasteiger partial charge in [0.15, 0.2) is 0 Å². The summed E-state index contributed by atoms with van der Waals surface area (Å²) >= 11 is 0. The molecule has 1 N–H and O–H groups in total. The minimum Gasteiger partial charge on any atom is -0.492 e. The van der Waals surface area contributed by atoms with Gasteiger partial charge in [-0.3, -0.25) is 13.9 Å². The zero-order valence-electron chi connectivity index (χ0n) is 15.3. The maximum atomic E-state index is 12.3. The molecule has 0 aliphatic rings. The van der Waals surface area contributed by atoms with Crippen LogP contribution in [0.25, 0.3) is 11.0 Å². The van der Waals surface area contributed by atoms with E-state index in [4.69, 9.17) is 4.74 Å². The number of hydrogen-bond donors (Lipinski definition) is 1. The van der Waals surface area contributed by atoms with E-state index in [1.807, 2.05) is 49.4 Å². The number of hydrogen-bond acceptors (Lipinski definition) is 3. The summed E-state index contributed by atoms with van der Waals surface area (Å²) in [6.07, 6.45) is 0. The van der Waals surface area contributed by atoms with Gasteiger partial charge in [0.05, 0.1) is 17.6 Å². The monoisotopic (exact) mass is 353 g/mol. The van der Waals surface area contributed by atoms with Crippen molar-refractivity contribution in [3.8, 4) is 5.75 Å². The van der Waals surface area contributed by atoms with E-state index in [1.54, 1.807) is 11.6 Å². The van der Waals surface area contributed by atoms with Crippen LogP contribution >= 0.6 is 0 Å². The van der Waals surface area contributed by atoms with Crippen LogP contribution in [0.4, 0.5) is 0 Å². The smallest absolute Gasteiger partial charge is 0.329 e. The second-order valence-electron chi connectivity index (χ2n) is 6.36. The predicted octanol–water partition coefficient (Wildman–Crippen LogP) is 2.15. The molecule has 0 unspecified atom stereocenters. The molecule has 0 fully saturated rings. The van der Waals surface area contributed by atoms with Gasteiger partial charge in [0, 0.05) is 7.05 Å². The average Bonchev–Trinajstić information content (AvgIpc) is 2.87. The van der Waals surface area contributed by atoms with Crippen LogP contribution in [0.5, 0.6) is 5.75 Å². The van der Waals surface area contributed by atoms with Crippen molar-refractivity contribution in [2.45, 2.75) is 20.4 Å². The van der Waals surface area contributed by atoms with Crippen LogP contribution in [0.3, 0.4) is 0 Å². The van der Waals surface area contributed by atoms with Crippen LogP contribution in [0.2, 0.25) is 0 Å². The molecule has 6 nitrogen and oxygen atoms in total. The molecule has 0 aliphatic carbocycles. The van der Waals surface area contributed by atoms with Gasteiger partial charge in [-0.15, -0.1) is 0 Å². The number of ether oxygens (including phenoxy) is 1.